The van der Waals surface area contributed by atoms with Crippen LogP contribution in [0.25, 0.3) is 5.76 Å². The highest BCUT2D eigenvalue weighted by Gasteiger charge is 2.64. The number of hydrogen-bond donors (Lipinski definition) is 7. The molecule has 37 heavy (non-hydrogen) atoms. The summed E-state index contributed by atoms with van der Waals surface area (Å²) in [4.78, 5) is 40.4. The second kappa shape index (κ2) is 8.27. The number of phenols is 1. The lowest BCUT2D eigenvalue weighted by molar-refractivity contribution is -0.153. The van der Waals surface area contributed by atoms with Crippen LogP contribution in [0.2, 0.25) is 0 Å². The van der Waals surface area contributed by atoms with Gasteiger partial charge in [0, 0.05) is 35.2 Å². The molecule has 0 radical (unpaired) electrons. The summed E-state index contributed by atoms with van der Waals surface area (Å²) >= 11 is 0. The van der Waals surface area contributed by atoms with Crippen molar-refractivity contribution in [3.8, 4) is 5.75 Å². The number of carbonyl (C=O) groups excluding carboxylic acids is 3. The van der Waals surface area contributed by atoms with Gasteiger partial charge in [0.2, 0.25) is 5.78 Å². The Morgan fingerprint density at radius 2 is 1.92 bits per heavy atom. The zero-order valence-corrected chi connectivity index (χ0v) is 20.6. The molecule has 3 aliphatic carbocycles. The summed E-state index contributed by atoms with van der Waals surface area (Å²) in [5, 5.41) is 50.8. The average Bonchev–Trinajstić information content (AvgIpc) is 2.83. The highest BCUT2D eigenvalue weighted by atomic mass is 19.1. The molecule has 1 aliphatic heterocycles. The van der Waals surface area contributed by atoms with E-state index >= 15 is 4.39 Å². The molecule has 8 N–H and O–H groups in total. The quantitative estimate of drug-likeness (QED) is 0.216. The van der Waals surface area contributed by atoms with E-state index in [1.807, 2.05) is 0 Å². The Morgan fingerprint density at radius 1 is 1.24 bits per heavy atom. The number of Topliss-reactive ketones (excluding diaryl/α,β-unsaturated/α-hetero) is 2. The number of fused-ring (bicyclic) bond motifs is 4. The highest BCUT2D eigenvalue weighted by molar-refractivity contribution is 6.24. The van der Waals surface area contributed by atoms with E-state index in [4.69, 9.17) is 5.73 Å². The first-order valence-electron chi connectivity index (χ1n) is 12.0. The van der Waals surface area contributed by atoms with Crippen LogP contribution in [-0.2, 0) is 20.8 Å². The fourth-order valence-electron chi connectivity index (χ4n) is 6.64. The maximum absolute atomic E-state index is 15.9. The minimum absolute atomic E-state index is 0.0193. The molecular weight excluding hydrogens is 487 g/mol. The number of anilines is 1. The molecule has 198 valence electrons. The topological polar surface area (TPSA) is 185 Å². The number of phenolic OH excluding ortho intramolecular Hbond substituents is 1. The monoisotopic (exact) mass is 516 g/mol. The maximum atomic E-state index is 15.9. The number of carbonyl (C=O) groups is 3. The smallest absolute Gasteiger partial charge is 0.255 e. The first kappa shape index (κ1) is 25.2. The van der Waals surface area contributed by atoms with Gasteiger partial charge in [-0.25, -0.2) is 4.39 Å². The molecule has 1 unspecified atom stereocenters. The van der Waals surface area contributed by atoms with Crippen LogP contribution >= 0.6 is 0 Å². The van der Waals surface area contributed by atoms with E-state index in [-0.39, 0.29) is 46.8 Å². The van der Waals surface area contributed by atoms with Crippen molar-refractivity contribution in [2.45, 2.75) is 36.9 Å². The Hall–Kier alpha value is -3.48. The third-order valence-corrected chi connectivity index (χ3v) is 8.29. The maximum Gasteiger partial charge on any atom is 0.255 e. The number of aliphatic hydroxyl groups excluding tert-OH is 2. The van der Waals surface area contributed by atoms with Crippen molar-refractivity contribution >= 4 is 28.9 Å². The molecule has 11 nitrogen and oxygen atoms in total. The number of primary amides is 1. The molecule has 0 saturated heterocycles. The molecule has 12 heteroatoms. The molecule has 5 rings (SSSR count). The number of hydrogen-bond acceptors (Lipinski definition) is 10. The van der Waals surface area contributed by atoms with Gasteiger partial charge < -0.3 is 36.8 Å². The van der Waals surface area contributed by atoms with E-state index in [1.54, 1.807) is 7.05 Å². The molecule has 0 bridgehead atoms. The predicted octanol–water partition coefficient (Wildman–Crippen LogP) is 0.179. The SMILES string of the molecule is CNC1CCNc2c(O)c3c(c(F)c21)C[C@H]1C[C@H]2[C@H](N(C)C)C(=O)C(C(N)=O)=C(O)[C@@]2(O)C(=O)C1=C3O. The molecule has 1 aromatic rings. The standard InChI is InChI=1S/C25H29FN4O7/c1-28-11-4-5-29-17-14(11)16(26)9-6-8-7-10-18(30(2)3)21(33)15(24(27)36)23(35)25(10,37)22(34)12(8)19(31)13(9)20(17)32/h8,10-11,18,28-29,31-32,35,37H,4-7H2,1-3H3,(H2,27,36)/t8-,10-,11?,18-,25-/m0/s1. The van der Waals surface area contributed by atoms with Crippen LogP contribution in [0.5, 0.6) is 5.75 Å². The van der Waals surface area contributed by atoms with Gasteiger partial charge in [0.25, 0.3) is 5.91 Å². The van der Waals surface area contributed by atoms with Crippen LogP contribution in [0.3, 0.4) is 0 Å². The number of nitrogens with zero attached hydrogens (tertiary/aromatic N) is 1. The van der Waals surface area contributed by atoms with Gasteiger partial charge in [0.1, 0.15) is 28.7 Å². The Bertz CT molecular complexity index is 1340. The molecule has 5 atom stereocenters. The first-order valence-corrected chi connectivity index (χ1v) is 12.0. The van der Waals surface area contributed by atoms with E-state index in [0.717, 1.165) is 0 Å². The zero-order chi connectivity index (χ0) is 27.1. The number of rotatable bonds is 3. The molecule has 1 heterocycles. The van der Waals surface area contributed by atoms with Crippen LogP contribution in [0, 0.1) is 17.7 Å². The number of halogens is 1. The lowest BCUT2D eigenvalue weighted by atomic mass is 9.57. The average molecular weight is 517 g/mol. The molecule has 1 amide bonds. The Labute approximate surface area is 211 Å². The van der Waals surface area contributed by atoms with Crippen molar-refractivity contribution in [3.05, 3.63) is 39.4 Å². The second-order valence-electron chi connectivity index (χ2n) is 10.3. The summed E-state index contributed by atoms with van der Waals surface area (Å²) in [5.74, 6) is -8.27. The third kappa shape index (κ3) is 3.12. The fraction of sp³-hybridized carbons (Fsp3) is 0.480. The van der Waals surface area contributed by atoms with E-state index in [9.17, 15) is 34.8 Å². The third-order valence-electron chi connectivity index (χ3n) is 8.29. The van der Waals surface area contributed by atoms with Crippen molar-refractivity contribution in [2.75, 3.05) is 33.0 Å². The summed E-state index contributed by atoms with van der Waals surface area (Å²) < 4.78 is 15.9. The van der Waals surface area contributed by atoms with Gasteiger partial charge >= 0.3 is 0 Å². The normalized spacial score (nSPS) is 31.0. The van der Waals surface area contributed by atoms with Crippen LogP contribution in [0.15, 0.2) is 16.9 Å². The van der Waals surface area contributed by atoms with Crippen molar-refractivity contribution < 1.29 is 39.2 Å². The Morgan fingerprint density at radius 3 is 2.51 bits per heavy atom. The summed E-state index contributed by atoms with van der Waals surface area (Å²) in [5.41, 5.74) is 1.46. The Balaban J connectivity index is 1.75. The van der Waals surface area contributed by atoms with Crippen LogP contribution in [0.1, 0.15) is 35.6 Å². The molecule has 1 aromatic carbocycles. The first-order chi connectivity index (χ1) is 17.4. The van der Waals surface area contributed by atoms with E-state index < -0.39 is 69.6 Å². The number of aromatic hydroxyl groups is 1. The summed E-state index contributed by atoms with van der Waals surface area (Å²) in [7, 11) is 4.71. The second-order valence-corrected chi connectivity index (χ2v) is 10.3. The van der Waals surface area contributed by atoms with E-state index in [2.05, 4.69) is 10.6 Å². The van der Waals surface area contributed by atoms with Gasteiger partial charge in [-0.2, -0.15) is 0 Å². The van der Waals surface area contributed by atoms with Gasteiger partial charge in [-0.15, -0.1) is 0 Å². The van der Waals surface area contributed by atoms with Crippen LogP contribution in [-0.4, -0.2) is 82.1 Å². The van der Waals surface area contributed by atoms with Gasteiger partial charge in [-0.1, -0.05) is 0 Å². The van der Waals surface area contributed by atoms with E-state index in [0.29, 0.717) is 13.0 Å². The largest absolute Gasteiger partial charge is 0.508 e. The summed E-state index contributed by atoms with van der Waals surface area (Å²) in [6.07, 6.45) is 0.359. The van der Waals surface area contributed by atoms with Crippen LogP contribution in [0.4, 0.5) is 10.1 Å². The number of likely N-dealkylation sites (N-methyl/N-ethyl adjacent to an activating group) is 1. The zero-order valence-electron chi connectivity index (χ0n) is 20.6. The lowest BCUT2D eigenvalue weighted by Crippen LogP contribution is -2.65. The molecule has 1 saturated carbocycles. The molecule has 4 aliphatic rings. The van der Waals surface area contributed by atoms with Crippen molar-refractivity contribution in [2.24, 2.45) is 17.6 Å². The molecule has 0 aromatic heterocycles. The molecule has 0 spiro atoms. The van der Waals surface area contributed by atoms with Crippen molar-refractivity contribution in [1.82, 2.24) is 10.2 Å². The van der Waals surface area contributed by atoms with Gasteiger partial charge in [0.15, 0.2) is 11.4 Å². The number of ketones is 2. The summed E-state index contributed by atoms with van der Waals surface area (Å²) in [6, 6.07) is -1.58. The molecule has 1 fully saturated rings. The van der Waals surface area contributed by atoms with Crippen molar-refractivity contribution in [1.29, 1.82) is 0 Å². The van der Waals surface area contributed by atoms with E-state index in [1.165, 1.54) is 19.0 Å². The van der Waals surface area contributed by atoms with Gasteiger partial charge in [-0.05, 0) is 46.3 Å². The number of aliphatic hydroxyl groups is 3. The Kier molecular flexibility index (Phi) is 5.63. The number of amides is 1. The fourth-order valence-corrected chi connectivity index (χ4v) is 6.64. The minimum Gasteiger partial charge on any atom is -0.508 e. The highest BCUT2D eigenvalue weighted by Crippen LogP contribution is 2.55. The van der Waals surface area contributed by atoms with Gasteiger partial charge in [0.05, 0.1) is 17.3 Å². The lowest BCUT2D eigenvalue weighted by Gasteiger charge is -2.50. The number of nitrogens with one attached hydrogen (secondary N) is 2. The predicted molar refractivity (Wildman–Crippen MR) is 129 cm³/mol. The number of nitrogens with two attached hydrogens (primary N) is 1. The number of benzene rings is 1. The van der Waals surface area contributed by atoms with Gasteiger partial charge in [-0.3, -0.25) is 19.3 Å². The van der Waals surface area contributed by atoms with Crippen LogP contribution < -0.4 is 16.4 Å². The summed E-state index contributed by atoms with van der Waals surface area (Å²) in [6.45, 7) is 0.430. The van der Waals surface area contributed by atoms with Crippen molar-refractivity contribution in [3.63, 3.8) is 0 Å². The minimum atomic E-state index is -2.73. The molecular formula is C25H29FN4O7.